The maximum absolute atomic E-state index is 12.7. The highest BCUT2D eigenvalue weighted by Gasteiger charge is 2.24. The number of hydrogen-bond acceptors (Lipinski definition) is 5. The van der Waals surface area contributed by atoms with Crippen LogP contribution < -0.4 is 19.5 Å². The van der Waals surface area contributed by atoms with E-state index in [0.29, 0.717) is 30.4 Å². The Balaban J connectivity index is 1.71. The Labute approximate surface area is 165 Å². The molecule has 28 heavy (non-hydrogen) atoms. The fourth-order valence-corrected chi connectivity index (χ4v) is 3.95. The number of anilines is 1. The van der Waals surface area contributed by atoms with Crippen LogP contribution in [-0.4, -0.2) is 33.6 Å². The Hall–Kier alpha value is -2.58. The predicted octanol–water partition coefficient (Wildman–Crippen LogP) is 2.77. The molecule has 0 bridgehead atoms. The normalized spacial score (nSPS) is 14.8. The highest BCUT2D eigenvalue weighted by atomic mass is 32.2. The summed E-state index contributed by atoms with van der Waals surface area (Å²) in [6, 6.07) is 8.99. The first-order valence-corrected chi connectivity index (χ1v) is 10.5. The molecule has 1 aliphatic rings. The zero-order valence-corrected chi connectivity index (χ0v) is 16.9. The van der Waals surface area contributed by atoms with Crippen molar-refractivity contribution in [2.75, 3.05) is 18.5 Å². The molecule has 0 unspecified atom stereocenters. The number of ether oxygens (including phenoxy) is 2. The molecule has 0 fully saturated rings. The minimum Gasteiger partial charge on any atom is -0.490 e. The van der Waals surface area contributed by atoms with Crippen LogP contribution in [0.25, 0.3) is 0 Å². The van der Waals surface area contributed by atoms with Gasteiger partial charge in [-0.3, -0.25) is 4.79 Å². The van der Waals surface area contributed by atoms with Gasteiger partial charge in [0.25, 0.3) is 0 Å². The van der Waals surface area contributed by atoms with Gasteiger partial charge in [-0.05, 0) is 56.2 Å². The van der Waals surface area contributed by atoms with E-state index in [2.05, 4.69) is 10.0 Å². The molecule has 0 saturated carbocycles. The van der Waals surface area contributed by atoms with Crippen LogP contribution >= 0.6 is 0 Å². The van der Waals surface area contributed by atoms with Crippen molar-refractivity contribution in [3.05, 3.63) is 47.5 Å². The molecule has 0 spiro atoms. The summed E-state index contributed by atoms with van der Waals surface area (Å²) in [6.45, 7) is 6.40. The number of aryl methyl sites for hydroxylation is 2. The Bertz CT molecular complexity index is 988. The summed E-state index contributed by atoms with van der Waals surface area (Å²) in [4.78, 5) is 12.4. The van der Waals surface area contributed by atoms with E-state index < -0.39 is 22.0 Å². The number of rotatable bonds is 5. The Morgan fingerprint density at radius 1 is 1.00 bits per heavy atom. The molecule has 1 amide bonds. The lowest BCUT2D eigenvalue weighted by molar-refractivity contribution is -0.117. The molecule has 1 aliphatic heterocycles. The molecular weight excluding hydrogens is 380 g/mol. The van der Waals surface area contributed by atoms with Crippen LogP contribution in [-0.2, 0) is 14.8 Å². The maximum atomic E-state index is 12.7. The third-order valence-corrected chi connectivity index (χ3v) is 6.07. The van der Waals surface area contributed by atoms with Crippen LogP contribution in [0.3, 0.4) is 0 Å². The zero-order chi connectivity index (χ0) is 20.3. The van der Waals surface area contributed by atoms with Crippen molar-refractivity contribution in [2.24, 2.45) is 0 Å². The summed E-state index contributed by atoms with van der Waals surface area (Å²) in [5.41, 5.74) is 2.77. The number of fused-ring (bicyclic) bond motifs is 1. The van der Waals surface area contributed by atoms with Gasteiger partial charge in [-0.2, -0.15) is 4.72 Å². The van der Waals surface area contributed by atoms with E-state index in [1.165, 1.54) is 19.1 Å². The molecule has 8 heteroatoms. The largest absolute Gasteiger partial charge is 0.490 e. The summed E-state index contributed by atoms with van der Waals surface area (Å²) in [5.74, 6) is 0.450. The average Bonchev–Trinajstić information content (AvgIpc) is 2.89. The minimum atomic E-state index is -3.90. The number of carbonyl (C=O) groups is 1. The van der Waals surface area contributed by atoms with Gasteiger partial charge in [-0.15, -0.1) is 0 Å². The Kier molecular flexibility index (Phi) is 5.90. The van der Waals surface area contributed by atoms with Gasteiger partial charge in [0.15, 0.2) is 11.5 Å². The van der Waals surface area contributed by atoms with Gasteiger partial charge in [-0.25, -0.2) is 8.42 Å². The van der Waals surface area contributed by atoms with Gasteiger partial charge in [-0.1, -0.05) is 6.07 Å². The van der Waals surface area contributed by atoms with Gasteiger partial charge in [0.05, 0.1) is 24.2 Å². The van der Waals surface area contributed by atoms with Crippen molar-refractivity contribution in [1.82, 2.24) is 4.72 Å². The molecule has 2 N–H and O–H groups in total. The third-order valence-electron chi connectivity index (χ3n) is 4.53. The van der Waals surface area contributed by atoms with Crippen LogP contribution in [0, 0.1) is 13.8 Å². The molecule has 0 aliphatic carbocycles. The highest BCUT2D eigenvalue weighted by molar-refractivity contribution is 7.89. The average molecular weight is 404 g/mol. The Morgan fingerprint density at radius 3 is 2.43 bits per heavy atom. The third kappa shape index (κ3) is 4.63. The second-order valence-electron chi connectivity index (χ2n) is 6.79. The fourth-order valence-electron chi connectivity index (χ4n) is 2.73. The van der Waals surface area contributed by atoms with E-state index in [1.54, 1.807) is 12.1 Å². The minimum absolute atomic E-state index is 0.0163. The molecule has 150 valence electrons. The lowest BCUT2D eigenvalue weighted by atomic mass is 10.1. The first kappa shape index (κ1) is 20.2. The summed E-state index contributed by atoms with van der Waals surface area (Å²) in [5, 5.41) is 2.73. The van der Waals surface area contributed by atoms with Gasteiger partial charge in [0, 0.05) is 18.2 Å². The van der Waals surface area contributed by atoms with Crippen molar-refractivity contribution in [1.29, 1.82) is 0 Å². The molecule has 2 aromatic rings. The number of amides is 1. The van der Waals surface area contributed by atoms with Crippen LogP contribution in [0.1, 0.15) is 24.5 Å². The molecular formula is C20H24N2O5S. The van der Waals surface area contributed by atoms with E-state index in [4.69, 9.17) is 9.47 Å². The van der Waals surface area contributed by atoms with Crippen molar-refractivity contribution >= 4 is 21.6 Å². The van der Waals surface area contributed by atoms with Crippen molar-refractivity contribution in [2.45, 2.75) is 38.1 Å². The fraction of sp³-hybridized carbons (Fsp3) is 0.350. The van der Waals surface area contributed by atoms with Crippen molar-refractivity contribution in [3.63, 3.8) is 0 Å². The lowest BCUT2D eigenvalue weighted by Crippen LogP contribution is -2.41. The monoisotopic (exact) mass is 404 g/mol. The smallest absolute Gasteiger partial charge is 0.242 e. The molecule has 1 heterocycles. The van der Waals surface area contributed by atoms with Gasteiger partial charge in [0.2, 0.25) is 15.9 Å². The van der Waals surface area contributed by atoms with E-state index in [1.807, 2.05) is 26.0 Å². The SMILES string of the molecule is Cc1ccc(NC(=O)[C@H](C)NS(=O)(=O)c2ccc3c(c2)OCCCO3)cc1C. The van der Waals surface area contributed by atoms with Gasteiger partial charge >= 0.3 is 0 Å². The second-order valence-corrected chi connectivity index (χ2v) is 8.50. The quantitative estimate of drug-likeness (QED) is 0.799. The number of nitrogens with one attached hydrogen (secondary N) is 2. The van der Waals surface area contributed by atoms with E-state index in [9.17, 15) is 13.2 Å². The summed E-state index contributed by atoms with van der Waals surface area (Å²) < 4.78 is 38.8. The molecule has 0 aromatic heterocycles. The van der Waals surface area contributed by atoms with Crippen LogP contribution in [0.15, 0.2) is 41.3 Å². The summed E-state index contributed by atoms with van der Waals surface area (Å²) in [7, 11) is -3.90. The predicted molar refractivity (Wildman–Crippen MR) is 106 cm³/mol. The lowest BCUT2D eigenvalue weighted by Gasteiger charge is -2.16. The van der Waals surface area contributed by atoms with Crippen LogP contribution in [0.5, 0.6) is 11.5 Å². The van der Waals surface area contributed by atoms with Crippen molar-refractivity contribution in [3.8, 4) is 11.5 Å². The van der Waals surface area contributed by atoms with Gasteiger partial charge in [0.1, 0.15) is 0 Å². The van der Waals surface area contributed by atoms with Crippen LogP contribution in [0.4, 0.5) is 5.69 Å². The summed E-state index contributed by atoms with van der Waals surface area (Å²) in [6.07, 6.45) is 0.727. The van der Waals surface area contributed by atoms with Gasteiger partial charge < -0.3 is 14.8 Å². The van der Waals surface area contributed by atoms with E-state index in [-0.39, 0.29) is 4.90 Å². The first-order chi connectivity index (χ1) is 13.3. The second kappa shape index (κ2) is 8.20. The number of benzene rings is 2. The van der Waals surface area contributed by atoms with E-state index >= 15 is 0 Å². The Morgan fingerprint density at radius 2 is 1.71 bits per heavy atom. The molecule has 0 radical (unpaired) electrons. The molecule has 2 aromatic carbocycles. The molecule has 7 nitrogen and oxygen atoms in total. The standard InChI is InChI=1S/C20H24N2O5S/c1-13-5-6-16(11-14(13)2)21-20(23)15(3)22-28(24,25)17-7-8-18-19(12-17)27-10-4-9-26-18/h5-8,11-12,15,22H,4,9-10H2,1-3H3,(H,21,23)/t15-/m0/s1. The van der Waals surface area contributed by atoms with E-state index in [0.717, 1.165) is 17.5 Å². The van der Waals surface area contributed by atoms with Crippen LogP contribution in [0.2, 0.25) is 0 Å². The maximum Gasteiger partial charge on any atom is 0.242 e. The summed E-state index contributed by atoms with van der Waals surface area (Å²) >= 11 is 0. The number of carbonyl (C=O) groups excluding carboxylic acids is 1. The molecule has 0 saturated heterocycles. The topological polar surface area (TPSA) is 93.7 Å². The molecule has 1 atom stereocenters. The molecule has 3 rings (SSSR count). The number of hydrogen-bond donors (Lipinski definition) is 2. The highest BCUT2D eigenvalue weighted by Crippen LogP contribution is 2.31. The van der Waals surface area contributed by atoms with Crippen molar-refractivity contribution < 1.29 is 22.7 Å². The number of sulfonamides is 1. The zero-order valence-electron chi connectivity index (χ0n) is 16.1. The first-order valence-electron chi connectivity index (χ1n) is 9.06.